The van der Waals surface area contributed by atoms with Crippen LogP contribution >= 0.6 is 0 Å². The highest BCUT2D eigenvalue weighted by Crippen LogP contribution is 2.24. The van der Waals surface area contributed by atoms with Crippen molar-refractivity contribution in [2.24, 2.45) is 0 Å². The molecule has 2 rings (SSSR count). The number of ether oxygens (including phenoxy) is 2. The molecule has 0 saturated carbocycles. The molecule has 0 aliphatic heterocycles. The fourth-order valence-corrected chi connectivity index (χ4v) is 2.34. The summed E-state index contributed by atoms with van der Waals surface area (Å²) in [6.07, 6.45) is 2.84. The monoisotopic (exact) mass is 289 g/mol. The first-order valence-electron chi connectivity index (χ1n) is 7.20. The third-order valence-electron chi connectivity index (χ3n) is 3.40. The van der Waals surface area contributed by atoms with Crippen LogP contribution in [0.1, 0.15) is 18.2 Å². The molecule has 21 heavy (non-hydrogen) atoms. The van der Waals surface area contributed by atoms with Crippen LogP contribution in [0.15, 0.2) is 30.5 Å². The molecular weight excluding hydrogens is 266 g/mol. The fourth-order valence-electron chi connectivity index (χ4n) is 2.34. The molecule has 0 fully saturated rings. The number of rotatable bonds is 8. The number of benzene rings is 1. The zero-order valence-electron chi connectivity index (χ0n) is 12.9. The highest BCUT2D eigenvalue weighted by atomic mass is 16.5. The summed E-state index contributed by atoms with van der Waals surface area (Å²) < 4.78 is 12.4. The van der Waals surface area contributed by atoms with E-state index in [1.807, 2.05) is 35.1 Å². The van der Waals surface area contributed by atoms with Crippen molar-refractivity contribution >= 4 is 0 Å². The minimum absolute atomic E-state index is 0.710. The van der Waals surface area contributed by atoms with E-state index in [2.05, 4.69) is 17.3 Å². The van der Waals surface area contributed by atoms with Gasteiger partial charge in [-0.2, -0.15) is 5.10 Å². The zero-order chi connectivity index (χ0) is 15.1. The van der Waals surface area contributed by atoms with Crippen LogP contribution in [0.4, 0.5) is 0 Å². The summed E-state index contributed by atoms with van der Waals surface area (Å²) in [6, 6.07) is 7.93. The third kappa shape index (κ3) is 3.62. The van der Waals surface area contributed by atoms with Crippen molar-refractivity contribution in [3.8, 4) is 11.4 Å². The second kappa shape index (κ2) is 7.81. The van der Waals surface area contributed by atoms with Crippen molar-refractivity contribution in [3.05, 3.63) is 41.7 Å². The van der Waals surface area contributed by atoms with E-state index in [0.717, 1.165) is 30.9 Å². The number of nitrogens with one attached hydrogen (secondary N) is 1. The van der Waals surface area contributed by atoms with Crippen molar-refractivity contribution in [1.29, 1.82) is 0 Å². The van der Waals surface area contributed by atoms with Gasteiger partial charge in [-0.3, -0.25) is 0 Å². The maximum absolute atomic E-state index is 5.43. The summed E-state index contributed by atoms with van der Waals surface area (Å²) in [4.78, 5) is 0. The van der Waals surface area contributed by atoms with Crippen LogP contribution in [0.5, 0.6) is 5.75 Å². The van der Waals surface area contributed by atoms with Gasteiger partial charge in [0.05, 0.1) is 19.9 Å². The summed E-state index contributed by atoms with van der Waals surface area (Å²) in [5.41, 5.74) is 3.38. The lowest BCUT2D eigenvalue weighted by atomic mass is 10.2. The van der Waals surface area contributed by atoms with Gasteiger partial charge in [-0.25, -0.2) is 4.68 Å². The van der Waals surface area contributed by atoms with Crippen LogP contribution in [-0.4, -0.2) is 37.2 Å². The molecule has 0 atom stereocenters. The fraction of sp³-hybridized carbons (Fsp3) is 0.438. The lowest BCUT2D eigenvalue weighted by molar-refractivity contribution is 0.199. The molecule has 0 unspecified atom stereocenters. The normalized spacial score (nSPS) is 10.8. The zero-order valence-corrected chi connectivity index (χ0v) is 12.9. The first-order chi connectivity index (χ1) is 10.3. The van der Waals surface area contributed by atoms with Gasteiger partial charge in [0.15, 0.2) is 0 Å². The van der Waals surface area contributed by atoms with Gasteiger partial charge in [-0.15, -0.1) is 0 Å². The Hall–Kier alpha value is -1.85. The van der Waals surface area contributed by atoms with Crippen molar-refractivity contribution in [2.45, 2.75) is 19.9 Å². The molecule has 1 N–H and O–H groups in total. The van der Waals surface area contributed by atoms with Gasteiger partial charge >= 0.3 is 0 Å². The maximum atomic E-state index is 5.43. The molecule has 0 amide bonds. The molecule has 114 valence electrons. The second-order valence-corrected chi connectivity index (χ2v) is 4.72. The van der Waals surface area contributed by atoms with E-state index in [4.69, 9.17) is 9.47 Å². The van der Waals surface area contributed by atoms with Crippen LogP contribution in [0.25, 0.3) is 5.69 Å². The number of hydrogen-bond donors (Lipinski definition) is 1. The Morgan fingerprint density at radius 3 is 2.76 bits per heavy atom. The van der Waals surface area contributed by atoms with Crippen molar-refractivity contribution in [2.75, 3.05) is 27.4 Å². The molecule has 1 heterocycles. The minimum atomic E-state index is 0.710. The number of methoxy groups -OCH3 is 2. The predicted octanol–water partition coefficient (Wildman–Crippen LogP) is 2.18. The Balaban J connectivity index is 2.23. The Bertz CT molecular complexity index is 566. The van der Waals surface area contributed by atoms with Gasteiger partial charge in [0.2, 0.25) is 0 Å². The summed E-state index contributed by atoms with van der Waals surface area (Å²) in [7, 11) is 3.39. The van der Waals surface area contributed by atoms with E-state index in [9.17, 15) is 0 Å². The average Bonchev–Trinajstić information content (AvgIpc) is 2.94. The van der Waals surface area contributed by atoms with E-state index in [1.54, 1.807) is 14.2 Å². The molecule has 2 aromatic rings. The summed E-state index contributed by atoms with van der Waals surface area (Å²) in [5.74, 6) is 0.828. The molecule has 0 aliphatic carbocycles. The maximum Gasteiger partial charge on any atom is 0.144 e. The highest BCUT2D eigenvalue weighted by molar-refractivity contribution is 5.47. The summed E-state index contributed by atoms with van der Waals surface area (Å²) >= 11 is 0. The van der Waals surface area contributed by atoms with Crippen molar-refractivity contribution < 1.29 is 9.47 Å². The van der Waals surface area contributed by atoms with Crippen LogP contribution < -0.4 is 10.1 Å². The molecule has 5 heteroatoms. The topological polar surface area (TPSA) is 48.3 Å². The van der Waals surface area contributed by atoms with Crippen LogP contribution in [0, 0.1) is 0 Å². The summed E-state index contributed by atoms with van der Waals surface area (Å²) in [6.45, 7) is 4.48. The SMILES string of the molecule is CCc1c(CNCCOC)cnn1-c1ccccc1OC. The molecule has 0 aliphatic rings. The Kier molecular flexibility index (Phi) is 5.78. The lowest BCUT2D eigenvalue weighted by Crippen LogP contribution is -2.19. The van der Waals surface area contributed by atoms with Crippen LogP contribution in [0.3, 0.4) is 0 Å². The van der Waals surface area contributed by atoms with Gasteiger partial charge < -0.3 is 14.8 Å². The summed E-state index contributed by atoms with van der Waals surface area (Å²) in [5, 5.41) is 7.89. The van der Waals surface area contributed by atoms with Gasteiger partial charge in [0.25, 0.3) is 0 Å². The number of nitrogens with zero attached hydrogens (tertiary/aromatic N) is 2. The first-order valence-corrected chi connectivity index (χ1v) is 7.20. The van der Waals surface area contributed by atoms with Gasteiger partial charge in [-0.1, -0.05) is 19.1 Å². The molecule has 1 aromatic carbocycles. The number of hydrogen-bond acceptors (Lipinski definition) is 4. The average molecular weight is 289 g/mol. The first kappa shape index (κ1) is 15.5. The quantitative estimate of drug-likeness (QED) is 0.757. The van der Waals surface area contributed by atoms with Gasteiger partial charge in [-0.05, 0) is 18.6 Å². The van der Waals surface area contributed by atoms with E-state index in [1.165, 1.54) is 11.3 Å². The largest absolute Gasteiger partial charge is 0.494 e. The Morgan fingerprint density at radius 2 is 2.05 bits per heavy atom. The van der Waals surface area contributed by atoms with E-state index < -0.39 is 0 Å². The predicted molar refractivity (Wildman–Crippen MR) is 83.1 cm³/mol. The van der Waals surface area contributed by atoms with E-state index >= 15 is 0 Å². The number of para-hydroxylation sites is 2. The van der Waals surface area contributed by atoms with Crippen molar-refractivity contribution in [3.63, 3.8) is 0 Å². The smallest absolute Gasteiger partial charge is 0.144 e. The highest BCUT2D eigenvalue weighted by Gasteiger charge is 2.13. The molecule has 0 saturated heterocycles. The van der Waals surface area contributed by atoms with E-state index in [-0.39, 0.29) is 0 Å². The van der Waals surface area contributed by atoms with Gasteiger partial charge in [0, 0.05) is 31.5 Å². The minimum Gasteiger partial charge on any atom is -0.494 e. The second-order valence-electron chi connectivity index (χ2n) is 4.72. The molecule has 1 aromatic heterocycles. The van der Waals surface area contributed by atoms with Gasteiger partial charge in [0.1, 0.15) is 11.4 Å². The number of aromatic nitrogens is 2. The molecule has 0 spiro atoms. The van der Waals surface area contributed by atoms with Crippen LogP contribution in [0.2, 0.25) is 0 Å². The lowest BCUT2D eigenvalue weighted by Gasteiger charge is -2.12. The Labute approximate surface area is 125 Å². The van der Waals surface area contributed by atoms with E-state index in [0.29, 0.717) is 6.61 Å². The third-order valence-corrected chi connectivity index (χ3v) is 3.40. The Morgan fingerprint density at radius 1 is 1.24 bits per heavy atom. The molecule has 0 bridgehead atoms. The molecule has 0 radical (unpaired) electrons. The standard InChI is InChI=1S/C16H23N3O2/c1-4-14-13(11-17-9-10-20-2)12-18-19(14)15-7-5-6-8-16(15)21-3/h5-8,12,17H,4,9-11H2,1-3H3. The van der Waals surface area contributed by atoms with Crippen molar-refractivity contribution in [1.82, 2.24) is 15.1 Å². The van der Waals surface area contributed by atoms with Crippen LogP contribution in [-0.2, 0) is 17.7 Å². The molecular formula is C16H23N3O2. The molecule has 5 nitrogen and oxygen atoms in total.